The molecule has 0 saturated carbocycles. The molecule has 2 amide bonds. The van der Waals surface area contributed by atoms with Crippen molar-refractivity contribution in [3.63, 3.8) is 0 Å². The predicted octanol–water partition coefficient (Wildman–Crippen LogP) is 7.07. The molecule has 15 heteroatoms. The Morgan fingerprint density at radius 2 is 1.25 bits per heavy atom. The maximum Gasteiger partial charge on any atom is 0.315 e. The maximum atomic E-state index is 12.8. The average molecular weight is 909 g/mol. The molecular formula is C50H60N4O10S. The molecule has 65 heavy (non-hydrogen) atoms. The molecule has 6 aliphatic heterocycles. The van der Waals surface area contributed by atoms with E-state index in [1.165, 1.54) is 44.5 Å². The number of ether oxygens (including phenoxy) is 7. The number of phenols is 1. The van der Waals surface area contributed by atoms with Crippen molar-refractivity contribution in [3.05, 3.63) is 93.0 Å². The summed E-state index contributed by atoms with van der Waals surface area (Å²) in [6.45, 7) is 3.50. The van der Waals surface area contributed by atoms with Crippen molar-refractivity contribution in [2.45, 2.75) is 93.9 Å². The second-order valence-corrected chi connectivity index (χ2v) is 18.8. The molecule has 3 N–H and O–H groups in total. The number of methoxy groups -OCH3 is 6. The quantitative estimate of drug-likeness (QED) is 0.0577. The van der Waals surface area contributed by atoms with E-state index < -0.39 is 0 Å². The van der Waals surface area contributed by atoms with Crippen molar-refractivity contribution in [2.24, 2.45) is 0 Å². The summed E-state index contributed by atoms with van der Waals surface area (Å²) in [6.07, 6.45) is 6.58. The fraction of sp³-hybridized carbons (Fsp3) is 0.480. The zero-order chi connectivity index (χ0) is 45.4. The zero-order valence-electron chi connectivity index (χ0n) is 38.1. The highest BCUT2D eigenvalue weighted by Crippen LogP contribution is 2.48. The number of phenolic OH excluding ortho intramolecular Hbond substituents is 1. The standard InChI is InChI=1S/C30H37N3O6S.C20H23NO4/c1-36-23-9-8-17-12-22-19-14-24(37-2)25(13-18(19)10-11-33(22)15-20(17)29(23)38-3)39-27(34)7-5-4-6-26-28-21(16-40-26)31-30(35)32-28;1-23-18-5-4-12-8-16-14-10-19(24-2)17(22)9-13(14)6-7-21(16)11-15(12)20(18)25-3/h8-9,13-14,21-22,26,28H,4-7,10-12,15-16H2,1-3H3,(H2,31,32,35);4-5,9-10,16,22H,6-8,11H2,1-3H3/t21?,22-,26?,28?;16-/m11/s1. The monoisotopic (exact) mass is 908 g/mol. The first kappa shape index (κ1) is 44.7. The number of hydrogen-bond donors (Lipinski definition) is 3. The Balaban J connectivity index is 0.000000182. The Morgan fingerprint density at radius 3 is 1.82 bits per heavy atom. The minimum atomic E-state index is -0.240. The van der Waals surface area contributed by atoms with Crippen molar-refractivity contribution in [1.29, 1.82) is 0 Å². The molecule has 0 aliphatic carbocycles. The summed E-state index contributed by atoms with van der Waals surface area (Å²) < 4.78 is 39.2. The third-order valence-electron chi connectivity index (χ3n) is 14.1. The maximum absolute atomic E-state index is 12.8. The second kappa shape index (κ2) is 19.1. The number of nitrogens with one attached hydrogen (secondary N) is 2. The SMILES string of the molecule is COc1cc2c(cc1O)CCN1Cc3c(ccc(OC)c3OC)C[C@H]21.COc1cc2c(cc1OC(=O)CCCCC1SCC3NC(=O)NC31)CCN1Cc3c(ccc(OC)c3OC)C[C@H]21. The summed E-state index contributed by atoms with van der Waals surface area (Å²) in [7, 11) is 9.95. The number of rotatable bonds is 12. The normalized spacial score (nSPS) is 22.4. The number of esters is 1. The van der Waals surface area contributed by atoms with Crippen molar-refractivity contribution >= 4 is 23.8 Å². The lowest BCUT2D eigenvalue weighted by Gasteiger charge is -2.42. The van der Waals surface area contributed by atoms with Crippen LogP contribution in [0, 0.1) is 0 Å². The molecule has 10 rings (SSSR count). The highest BCUT2D eigenvalue weighted by molar-refractivity contribution is 8.00. The summed E-state index contributed by atoms with van der Waals surface area (Å²) in [4.78, 5) is 29.3. The molecule has 0 spiro atoms. The molecule has 3 unspecified atom stereocenters. The minimum absolute atomic E-state index is 0.0650. The molecule has 2 saturated heterocycles. The van der Waals surface area contributed by atoms with Gasteiger partial charge in [0.25, 0.3) is 0 Å². The number of hydrogen-bond acceptors (Lipinski definition) is 13. The molecule has 0 bridgehead atoms. The van der Waals surface area contributed by atoms with E-state index in [-0.39, 0.29) is 35.9 Å². The van der Waals surface area contributed by atoms with Crippen LogP contribution in [0.5, 0.6) is 46.0 Å². The molecule has 346 valence electrons. The third kappa shape index (κ3) is 8.70. The lowest BCUT2D eigenvalue weighted by molar-refractivity contribution is -0.134. The van der Waals surface area contributed by atoms with Gasteiger partial charge in [-0.1, -0.05) is 18.6 Å². The van der Waals surface area contributed by atoms with Crippen LogP contribution in [0.3, 0.4) is 0 Å². The van der Waals surface area contributed by atoms with Crippen LogP contribution >= 0.6 is 11.8 Å². The first-order valence-electron chi connectivity index (χ1n) is 22.6. The van der Waals surface area contributed by atoms with Crippen molar-refractivity contribution < 1.29 is 47.9 Å². The predicted molar refractivity (Wildman–Crippen MR) is 247 cm³/mol. The van der Waals surface area contributed by atoms with Gasteiger partial charge in [-0.05, 0) is 108 Å². The van der Waals surface area contributed by atoms with Gasteiger partial charge in [-0.25, -0.2) is 4.79 Å². The van der Waals surface area contributed by atoms with Crippen LogP contribution in [-0.4, -0.2) is 106 Å². The van der Waals surface area contributed by atoms with Crippen molar-refractivity contribution in [3.8, 4) is 46.0 Å². The molecule has 0 radical (unpaired) electrons. The van der Waals surface area contributed by atoms with Crippen molar-refractivity contribution in [2.75, 3.05) is 61.5 Å². The zero-order valence-corrected chi connectivity index (χ0v) is 38.9. The molecule has 5 atom stereocenters. The number of fused-ring (bicyclic) bond motifs is 9. The Labute approximate surface area is 385 Å². The fourth-order valence-corrected chi connectivity index (χ4v) is 12.4. The molecular weight excluding hydrogens is 849 g/mol. The topological polar surface area (TPSA) is 150 Å². The number of aromatic hydroxyl groups is 1. The number of benzene rings is 4. The number of carbonyl (C=O) groups is 2. The molecule has 0 aromatic heterocycles. The van der Waals surface area contributed by atoms with E-state index in [2.05, 4.69) is 38.6 Å². The van der Waals surface area contributed by atoms with Gasteiger partial charge < -0.3 is 48.9 Å². The Morgan fingerprint density at radius 1 is 0.677 bits per heavy atom. The van der Waals surface area contributed by atoms with Crippen LogP contribution in [0.4, 0.5) is 4.79 Å². The molecule has 6 heterocycles. The van der Waals surface area contributed by atoms with Crippen LogP contribution in [0.2, 0.25) is 0 Å². The van der Waals surface area contributed by atoms with E-state index in [1.54, 1.807) is 42.7 Å². The van der Waals surface area contributed by atoms with Gasteiger partial charge in [-0.2, -0.15) is 11.8 Å². The van der Waals surface area contributed by atoms with Gasteiger partial charge in [0, 0.05) is 66.8 Å². The van der Waals surface area contributed by atoms with Gasteiger partial charge in [0.1, 0.15) is 0 Å². The number of amides is 2. The van der Waals surface area contributed by atoms with Gasteiger partial charge in [0.05, 0.1) is 54.7 Å². The Kier molecular flexibility index (Phi) is 13.2. The third-order valence-corrected chi connectivity index (χ3v) is 15.6. The largest absolute Gasteiger partial charge is 0.504 e. The Bertz CT molecular complexity index is 2450. The van der Waals surface area contributed by atoms with Gasteiger partial charge >= 0.3 is 12.0 Å². The molecule has 6 aliphatic rings. The van der Waals surface area contributed by atoms with Gasteiger partial charge in [-0.3, -0.25) is 14.6 Å². The highest BCUT2D eigenvalue weighted by atomic mass is 32.2. The smallest absolute Gasteiger partial charge is 0.315 e. The summed E-state index contributed by atoms with van der Waals surface area (Å²) >= 11 is 1.90. The first-order chi connectivity index (χ1) is 31.6. The van der Waals surface area contributed by atoms with E-state index in [9.17, 15) is 14.7 Å². The van der Waals surface area contributed by atoms with E-state index >= 15 is 0 Å². The second-order valence-electron chi connectivity index (χ2n) is 17.5. The number of urea groups is 1. The number of thioether (sulfide) groups is 1. The lowest BCUT2D eigenvalue weighted by Crippen LogP contribution is -2.39. The summed E-state index contributed by atoms with van der Waals surface area (Å²) in [5.74, 6) is 5.75. The van der Waals surface area contributed by atoms with Gasteiger partial charge in [-0.15, -0.1) is 0 Å². The summed E-state index contributed by atoms with van der Waals surface area (Å²) in [5, 5.41) is 16.5. The fourth-order valence-electron chi connectivity index (χ4n) is 10.8. The molecule has 4 aromatic rings. The number of carbonyl (C=O) groups excluding carboxylic acids is 2. The van der Waals surface area contributed by atoms with Gasteiger partial charge in [0.15, 0.2) is 46.0 Å². The lowest BCUT2D eigenvalue weighted by atomic mass is 9.83. The van der Waals surface area contributed by atoms with Crippen LogP contribution in [0.25, 0.3) is 0 Å². The molecule has 2 fully saturated rings. The van der Waals surface area contributed by atoms with E-state index in [1.807, 2.05) is 42.1 Å². The van der Waals surface area contributed by atoms with Gasteiger partial charge in [0.2, 0.25) is 0 Å². The Hall–Kier alpha value is -5.51. The highest BCUT2D eigenvalue weighted by Gasteiger charge is 2.43. The molecule has 4 aromatic carbocycles. The summed E-state index contributed by atoms with van der Waals surface area (Å²) in [6, 6.07) is 17.0. The minimum Gasteiger partial charge on any atom is -0.504 e. The van der Waals surface area contributed by atoms with E-state index in [0.29, 0.717) is 35.0 Å². The van der Waals surface area contributed by atoms with E-state index in [0.717, 1.165) is 99.9 Å². The number of unbranched alkanes of at least 4 members (excludes halogenated alkanes) is 1. The number of nitrogens with zero attached hydrogens (tertiary/aromatic N) is 2. The van der Waals surface area contributed by atoms with Crippen LogP contribution in [0.1, 0.15) is 82.3 Å². The van der Waals surface area contributed by atoms with Crippen LogP contribution < -0.4 is 43.8 Å². The van der Waals surface area contributed by atoms with Crippen LogP contribution in [-0.2, 0) is 43.6 Å². The first-order valence-corrected chi connectivity index (χ1v) is 23.6. The summed E-state index contributed by atoms with van der Waals surface area (Å²) in [5.41, 5.74) is 9.85. The average Bonchev–Trinajstić information content (AvgIpc) is 3.89. The molecule has 14 nitrogen and oxygen atoms in total. The van der Waals surface area contributed by atoms with Crippen LogP contribution in [0.15, 0.2) is 48.5 Å². The van der Waals surface area contributed by atoms with E-state index in [4.69, 9.17) is 33.2 Å². The van der Waals surface area contributed by atoms with Crippen molar-refractivity contribution in [1.82, 2.24) is 20.4 Å².